The highest BCUT2D eigenvalue weighted by Gasteiger charge is 2.30. The molecule has 20 heavy (non-hydrogen) atoms. The smallest absolute Gasteiger partial charge is 0.123 e. The average molecular weight is 342 g/mol. The van der Waals surface area contributed by atoms with E-state index in [-0.39, 0.29) is 5.82 Å². The summed E-state index contributed by atoms with van der Waals surface area (Å²) in [5, 5.41) is 3.67. The van der Waals surface area contributed by atoms with Gasteiger partial charge in [0.15, 0.2) is 0 Å². The molecule has 3 unspecified atom stereocenters. The lowest BCUT2D eigenvalue weighted by molar-refractivity contribution is 0.169. The summed E-state index contributed by atoms with van der Waals surface area (Å²) >= 11 is 3.50. The molecule has 1 fully saturated rings. The highest BCUT2D eigenvalue weighted by Crippen LogP contribution is 2.33. The third-order valence-electron chi connectivity index (χ3n) is 4.58. The maximum atomic E-state index is 13.3. The molecule has 0 amide bonds. The zero-order chi connectivity index (χ0) is 14.7. The third kappa shape index (κ3) is 4.05. The Morgan fingerprint density at radius 3 is 2.80 bits per heavy atom. The third-order valence-corrected chi connectivity index (χ3v) is 5.36. The molecular weight excluding hydrogens is 317 g/mol. The second kappa shape index (κ2) is 7.04. The second-order valence-corrected chi connectivity index (χ2v) is 7.40. The van der Waals surface area contributed by atoms with E-state index in [0.717, 1.165) is 28.4 Å². The number of halogens is 2. The average Bonchev–Trinajstić information content (AvgIpc) is 2.39. The molecule has 1 aliphatic carbocycles. The van der Waals surface area contributed by atoms with E-state index in [2.05, 4.69) is 42.0 Å². The van der Waals surface area contributed by atoms with E-state index >= 15 is 0 Å². The van der Waals surface area contributed by atoms with Gasteiger partial charge in [-0.2, -0.15) is 0 Å². The molecule has 0 bridgehead atoms. The van der Waals surface area contributed by atoms with Crippen LogP contribution in [0, 0.1) is 23.6 Å². The summed E-state index contributed by atoms with van der Waals surface area (Å²) in [6, 6.07) is 5.45. The molecule has 1 saturated carbocycles. The van der Waals surface area contributed by atoms with Gasteiger partial charge in [0.05, 0.1) is 0 Å². The summed E-state index contributed by atoms with van der Waals surface area (Å²) in [5.41, 5.74) is 1.01. The number of rotatable bonds is 4. The normalized spacial score (nSPS) is 27.0. The first-order valence-electron chi connectivity index (χ1n) is 7.64. The Morgan fingerprint density at radius 2 is 2.10 bits per heavy atom. The van der Waals surface area contributed by atoms with Crippen molar-refractivity contribution in [1.29, 1.82) is 0 Å². The van der Waals surface area contributed by atoms with E-state index in [1.54, 1.807) is 12.1 Å². The fraction of sp³-hybridized carbons (Fsp3) is 0.647. The van der Waals surface area contributed by atoms with Crippen molar-refractivity contribution in [2.24, 2.45) is 17.8 Å². The molecule has 0 radical (unpaired) electrons. The van der Waals surface area contributed by atoms with Crippen LogP contribution in [0.15, 0.2) is 22.7 Å². The first-order valence-corrected chi connectivity index (χ1v) is 8.44. The van der Waals surface area contributed by atoms with E-state index in [9.17, 15) is 4.39 Å². The number of hydrogen-bond acceptors (Lipinski definition) is 1. The predicted octanol–water partition coefficient (Wildman–Crippen LogP) is 5.14. The van der Waals surface area contributed by atoms with Gasteiger partial charge in [-0.05, 0) is 54.4 Å². The second-order valence-electron chi connectivity index (χ2n) is 6.55. The highest BCUT2D eigenvalue weighted by atomic mass is 79.9. The lowest BCUT2D eigenvalue weighted by Gasteiger charge is -2.38. The molecule has 2 rings (SSSR count). The standard InChI is InChI=1S/C17H25BrFN/c1-11(2)15-6-4-12(3)8-17(15)20-10-13-9-14(19)5-7-16(13)18/h5,7,9,11-12,15,17,20H,4,6,8,10H2,1-3H3. The predicted molar refractivity (Wildman–Crippen MR) is 86.1 cm³/mol. The molecule has 0 aliphatic heterocycles. The number of benzene rings is 1. The minimum absolute atomic E-state index is 0.164. The van der Waals surface area contributed by atoms with Crippen LogP contribution in [0.2, 0.25) is 0 Å². The number of nitrogens with one attached hydrogen (secondary N) is 1. The lowest BCUT2D eigenvalue weighted by atomic mass is 9.74. The van der Waals surface area contributed by atoms with Crippen molar-refractivity contribution >= 4 is 15.9 Å². The van der Waals surface area contributed by atoms with Crippen LogP contribution in [0.3, 0.4) is 0 Å². The maximum Gasteiger partial charge on any atom is 0.123 e. The van der Waals surface area contributed by atoms with Crippen LogP contribution >= 0.6 is 15.9 Å². The van der Waals surface area contributed by atoms with Gasteiger partial charge in [-0.1, -0.05) is 43.1 Å². The van der Waals surface area contributed by atoms with Crippen molar-refractivity contribution in [1.82, 2.24) is 5.32 Å². The molecule has 3 atom stereocenters. The Hall–Kier alpha value is -0.410. The Kier molecular flexibility index (Phi) is 5.62. The molecule has 0 heterocycles. The van der Waals surface area contributed by atoms with E-state index < -0.39 is 0 Å². The lowest BCUT2D eigenvalue weighted by Crippen LogP contribution is -2.42. The monoisotopic (exact) mass is 341 g/mol. The van der Waals surface area contributed by atoms with Gasteiger partial charge in [-0.25, -0.2) is 4.39 Å². The summed E-state index contributed by atoms with van der Waals surface area (Å²) in [7, 11) is 0. The van der Waals surface area contributed by atoms with Crippen molar-refractivity contribution in [3.63, 3.8) is 0 Å². The Bertz CT molecular complexity index is 447. The van der Waals surface area contributed by atoms with Crippen LogP contribution in [-0.2, 0) is 6.54 Å². The topological polar surface area (TPSA) is 12.0 Å². The molecular formula is C17H25BrFN. The first-order chi connectivity index (χ1) is 9.47. The van der Waals surface area contributed by atoms with E-state index in [4.69, 9.17) is 0 Å². The van der Waals surface area contributed by atoms with Gasteiger partial charge < -0.3 is 5.32 Å². The van der Waals surface area contributed by atoms with Crippen LogP contribution in [0.4, 0.5) is 4.39 Å². The van der Waals surface area contributed by atoms with Crippen LogP contribution in [0.5, 0.6) is 0 Å². The minimum atomic E-state index is -0.164. The fourth-order valence-electron chi connectivity index (χ4n) is 3.36. The summed E-state index contributed by atoms with van der Waals surface area (Å²) in [5.74, 6) is 2.07. The molecule has 1 aromatic carbocycles. The van der Waals surface area contributed by atoms with Gasteiger partial charge in [0.25, 0.3) is 0 Å². The van der Waals surface area contributed by atoms with Crippen molar-refractivity contribution in [3.8, 4) is 0 Å². The summed E-state index contributed by atoms with van der Waals surface area (Å²) in [4.78, 5) is 0. The van der Waals surface area contributed by atoms with Crippen molar-refractivity contribution in [3.05, 3.63) is 34.1 Å². The largest absolute Gasteiger partial charge is 0.310 e. The molecule has 1 aromatic rings. The molecule has 0 spiro atoms. The molecule has 112 valence electrons. The maximum absolute atomic E-state index is 13.3. The van der Waals surface area contributed by atoms with E-state index in [1.807, 2.05) is 0 Å². The SMILES string of the molecule is CC1CCC(C(C)C)C(NCc2cc(F)ccc2Br)C1. The molecule has 1 aliphatic rings. The zero-order valence-corrected chi connectivity index (χ0v) is 14.2. The highest BCUT2D eigenvalue weighted by molar-refractivity contribution is 9.10. The van der Waals surface area contributed by atoms with Crippen LogP contribution < -0.4 is 5.32 Å². The van der Waals surface area contributed by atoms with Gasteiger partial charge in [0, 0.05) is 17.1 Å². The minimum Gasteiger partial charge on any atom is -0.310 e. The van der Waals surface area contributed by atoms with Gasteiger partial charge in [0.1, 0.15) is 5.82 Å². The first kappa shape index (κ1) is 16.0. The summed E-state index contributed by atoms with van der Waals surface area (Å²) in [6.07, 6.45) is 3.88. The molecule has 0 aromatic heterocycles. The van der Waals surface area contributed by atoms with E-state index in [0.29, 0.717) is 12.0 Å². The van der Waals surface area contributed by atoms with Crippen LogP contribution in [-0.4, -0.2) is 6.04 Å². The van der Waals surface area contributed by atoms with Crippen molar-refractivity contribution < 1.29 is 4.39 Å². The Balaban J connectivity index is 2.01. The van der Waals surface area contributed by atoms with Crippen molar-refractivity contribution in [2.45, 2.75) is 52.6 Å². The van der Waals surface area contributed by atoms with Gasteiger partial charge >= 0.3 is 0 Å². The fourth-order valence-corrected chi connectivity index (χ4v) is 3.74. The van der Waals surface area contributed by atoms with Crippen LogP contribution in [0.1, 0.15) is 45.6 Å². The van der Waals surface area contributed by atoms with Gasteiger partial charge in [-0.15, -0.1) is 0 Å². The van der Waals surface area contributed by atoms with Gasteiger partial charge in [0.2, 0.25) is 0 Å². The van der Waals surface area contributed by atoms with Gasteiger partial charge in [-0.3, -0.25) is 0 Å². The summed E-state index contributed by atoms with van der Waals surface area (Å²) in [6.45, 7) is 7.70. The number of hydrogen-bond donors (Lipinski definition) is 1. The van der Waals surface area contributed by atoms with Crippen molar-refractivity contribution in [2.75, 3.05) is 0 Å². The molecule has 3 heteroatoms. The van der Waals surface area contributed by atoms with E-state index in [1.165, 1.54) is 25.3 Å². The zero-order valence-electron chi connectivity index (χ0n) is 12.6. The summed E-state index contributed by atoms with van der Waals surface area (Å²) < 4.78 is 14.3. The molecule has 0 saturated heterocycles. The Labute approximate surface area is 130 Å². The molecule has 1 N–H and O–H groups in total. The van der Waals surface area contributed by atoms with Crippen LogP contribution in [0.25, 0.3) is 0 Å². The quantitative estimate of drug-likeness (QED) is 0.799. The molecule has 1 nitrogen and oxygen atoms in total. The Morgan fingerprint density at radius 1 is 1.35 bits per heavy atom.